The lowest BCUT2D eigenvalue weighted by Gasteiger charge is -2.11. The Morgan fingerprint density at radius 2 is 1.79 bits per heavy atom. The van der Waals surface area contributed by atoms with Crippen LogP contribution < -0.4 is 10.1 Å². The van der Waals surface area contributed by atoms with Crippen molar-refractivity contribution < 1.29 is 9.53 Å². The average molecular weight is 322 g/mol. The molecule has 122 valence electrons. The van der Waals surface area contributed by atoms with Gasteiger partial charge < -0.3 is 10.1 Å². The standard InChI is InChI=1S/C18H18N4O2/c23-18(12-24-17-8-2-1-3-9-17)20-10-15-6-4-5-7-16(15)11-22-14-19-13-21-22/h1-9,13-14H,10-12H2,(H,20,23). The molecule has 0 saturated heterocycles. The number of carbonyl (C=O) groups is 1. The summed E-state index contributed by atoms with van der Waals surface area (Å²) < 4.78 is 7.19. The summed E-state index contributed by atoms with van der Waals surface area (Å²) in [6.45, 7) is 1.06. The van der Waals surface area contributed by atoms with Crippen molar-refractivity contribution in [3.63, 3.8) is 0 Å². The molecule has 6 heteroatoms. The second-order valence-corrected chi connectivity index (χ2v) is 5.24. The lowest BCUT2D eigenvalue weighted by Crippen LogP contribution is -2.28. The minimum Gasteiger partial charge on any atom is -0.484 e. The zero-order valence-electron chi connectivity index (χ0n) is 13.1. The Hall–Kier alpha value is -3.15. The maximum atomic E-state index is 12.0. The van der Waals surface area contributed by atoms with E-state index in [0.717, 1.165) is 11.1 Å². The van der Waals surface area contributed by atoms with E-state index >= 15 is 0 Å². The van der Waals surface area contributed by atoms with E-state index in [-0.39, 0.29) is 12.5 Å². The van der Waals surface area contributed by atoms with Gasteiger partial charge in [0.05, 0.1) is 6.54 Å². The lowest BCUT2D eigenvalue weighted by molar-refractivity contribution is -0.123. The molecule has 0 atom stereocenters. The van der Waals surface area contributed by atoms with Gasteiger partial charge in [0.2, 0.25) is 0 Å². The summed E-state index contributed by atoms with van der Waals surface area (Å²) in [5.74, 6) is 0.522. The van der Waals surface area contributed by atoms with E-state index < -0.39 is 0 Å². The van der Waals surface area contributed by atoms with Crippen LogP contribution in [0.5, 0.6) is 5.75 Å². The number of nitrogens with zero attached hydrogens (tertiary/aromatic N) is 3. The van der Waals surface area contributed by atoms with Crippen LogP contribution in [0.25, 0.3) is 0 Å². The highest BCUT2D eigenvalue weighted by Crippen LogP contribution is 2.10. The fraction of sp³-hybridized carbons (Fsp3) is 0.167. The Morgan fingerprint density at radius 1 is 1.04 bits per heavy atom. The van der Waals surface area contributed by atoms with E-state index in [9.17, 15) is 4.79 Å². The fourth-order valence-electron chi connectivity index (χ4n) is 2.28. The van der Waals surface area contributed by atoms with Crippen LogP contribution in [-0.2, 0) is 17.9 Å². The lowest BCUT2D eigenvalue weighted by atomic mass is 10.1. The monoisotopic (exact) mass is 322 g/mol. The average Bonchev–Trinajstić information content (AvgIpc) is 3.13. The van der Waals surface area contributed by atoms with Gasteiger partial charge in [-0.2, -0.15) is 5.10 Å². The molecule has 1 N–H and O–H groups in total. The molecule has 1 heterocycles. The third-order valence-electron chi connectivity index (χ3n) is 3.51. The predicted octanol–water partition coefficient (Wildman–Crippen LogP) is 2.02. The smallest absolute Gasteiger partial charge is 0.258 e. The van der Waals surface area contributed by atoms with E-state index in [0.29, 0.717) is 18.8 Å². The van der Waals surface area contributed by atoms with Crippen molar-refractivity contribution in [1.29, 1.82) is 0 Å². The van der Waals surface area contributed by atoms with Crippen molar-refractivity contribution in [3.05, 3.63) is 78.4 Å². The number of amides is 1. The van der Waals surface area contributed by atoms with Gasteiger partial charge in [0.25, 0.3) is 5.91 Å². The number of benzene rings is 2. The van der Waals surface area contributed by atoms with Gasteiger partial charge in [-0.15, -0.1) is 0 Å². The fourth-order valence-corrected chi connectivity index (χ4v) is 2.28. The maximum Gasteiger partial charge on any atom is 0.258 e. The number of rotatable bonds is 7. The summed E-state index contributed by atoms with van der Waals surface area (Å²) >= 11 is 0. The molecule has 0 aliphatic rings. The summed E-state index contributed by atoms with van der Waals surface area (Å²) in [6.07, 6.45) is 3.17. The molecule has 2 aromatic carbocycles. The largest absolute Gasteiger partial charge is 0.484 e. The molecular formula is C18H18N4O2. The maximum absolute atomic E-state index is 12.0. The summed E-state index contributed by atoms with van der Waals surface area (Å²) in [7, 11) is 0. The molecule has 3 rings (SSSR count). The number of ether oxygens (including phenoxy) is 1. The molecule has 24 heavy (non-hydrogen) atoms. The van der Waals surface area contributed by atoms with Crippen LogP contribution in [-0.4, -0.2) is 27.3 Å². The van der Waals surface area contributed by atoms with Crippen LogP contribution in [0.1, 0.15) is 11.1 Å². The van der Waals surface area contributed by atoms with Gasteiger partial charge in [-0.1, -0.05) is 42.5 Å². The van der Waals surface area contributed by atoms with E-state index in [1.54, 1.807) is 11.0 Å². The van der Waals surface area contributed by atoms with Gasteiger partial charge in [0.15, 0.2) is 6.61 Å². The quantitative estimate of drug-likeness (QED) is 0.722. The summed E-state index contributed by atoms with van der Waals surface area (Å²) in [5, 5.41) is 6.99. The molecule has 0 unspecified atom stereocenters. The molecule has 0 radical (unpaired) electrons. The van der Waals surface area contributed by atoms with Crippen molar-refractivity contribution in [2.75, 3.05) is 6.61 Å². The van der Waals surface area contributed by atoms with Crippen molar-refractivity contribution in [3.8, 4) is 5.75 Å². The van der Waals surface area contributed by atoms with Crippen LogP contribution in [0.3, 0.4) is 0 Å². The van der Waals surface area contributed by atoms with Crippen molar-refractivity contribution in [1.82, 2.24) is 20.1 Å². The van der Waals surface area contributed by atoms with E-state index in [4.69, 9.17) is 4.74 Å². The minimum absolute atomic E-state index is 0.00471. The Morgan fingerprint density at radius 3 is 2.54 bits per heavy atom. The highest BCUT2D eigenvalue weighted by atomic mass is 16.5. The highest BCUT2D eigenvalue weighted by Gasteiger charge is 2.06. The molecule has 0 aliphatic carbocycles. The van der Waals surface area contributed by atoms with Crippen LogP contribution in [0.2, 0.25) is 0 Å². The van der Waals surface area contributed by atoms with Gasteiger partial charge in [0.1, 0.15) is 18.4 Å². The molecule has 1 aromatic heterocycles. The van der Waals surface area contributed by atoms with Crippen LogP contribution >= 0.6 is 0 Å². The molecule has 0 saturated carbocycles. The number of hydrogen-bond acceptors (Lipinski definition) is 4. The first-order valence-electron chi connectivity index (χ1n) is 7.65. The first-order valence-corrected chi connectivity index (χ1v) is 7.65. The second kappa shape index (κ2) is 7.92. The van der Waals surface area contributed by atoms with Crippen molar-refractivity contribution in [2.45, 2.75) is 13.1 Å². The Bertz CT molecular complexity index is 773. The number of nitrogens with one attached hydrogen (secondary N) is 1. The molecular weight excluding hydrogens is 304 g/mol. The van der Waals surface area contributed by atoms with Gasteiger partial charge in [-0.25, -0.2) is 9.67 Å². The number of hydrogen-bond donors (Lipinski definition) is 1. The first kappa shape index (κ1) is 15.7. The highest BCUT2D eigenvalue weighted by molar-refractivity contribution is 5.77. The number of para-hydroxylation sites is 1. The van der Waals surface area contributed by atoms with Crippen LogP contribution in [0, 0.1) is 0 Å². The van der Waals surface area contributed by atoms with Crippen LogP contribution in [0.15, 0.2) is 67.3 Å². The molecule has 3 aromatic rings. The van der Waals surface area contributed by atoms with Gasteiger partial charge in [-0.05, 0) is 23.3 Å². The van der Waals surface area contributed by atoms with Crippen molar-refractivity contribution >= 4 is 5.91 Å². The zero-order valence-corrected chi connectivity index (χ0v) is 13.1. The molecule has 0 fully saturated rings. The predicted molar refractivity (Wildman–Crippen MR) is 89.3 cm³/mol. The SMILES string of the molecule is O=C(COc1ccccc1)NCc1ccccc1Cn1cncn1. The molecule has 6 nitrogen and oxygen atoms in total. The summed E-state index contributed by atoms with van der Waals surface area (Å²) in [4.78, 5) is 15.9. The molecule has 0 aliphatic heterocycles. The second-order valence-electron chi connectivity index (χ2n) is 5.24. The topological polar surface area (TPSA) is 69.0 Å². The summed E-state index contributed by atoms with van der Waals surface area (Å²) in [6, 6.07) is 17.2. The Kier molecular flexibility index (Phi) is 5.19. The zero-order chi connectivity index (χ0) is 16.6. The Balaban J connectivity index is 1.53. The van der Waals surface area contributed by atoms with E-state index in [1.807, 2.05) is 54.6 Å². The molecule has 0 spiro atoms. The van der Waals surface area contributed by atoms with E-state index in [2.05, 4.69) is 15.4 Å². The van der Waals surface area contributed by atoms with E-state index in [1.165, 1.54) is 6.33 Å². The van der Waals surface area contributed by atoms with Crippen molar-refractivity contribution in [2.24, 2.45) is 0 Å². The van der Waals surface area contributed by atoms with Crippen LogP contribution in [0.4, 0.5) is 0 Å². The number of carbonyl (C=O) groups excluding carboxylic acids is 1. The van der Waals surface area contributed by atoms with Gasteiger partial charge >= 0.3 is 0 Å². The number of aromatic nitrogens is 3. The molecule has 0 bridgehead atoms. The third-order valence-corrected chi connectivity index (χ3v) is 3.51. The van der Waals surface area contributed by atoms with Gasteiger partial charge in [0, 0.05) is 6.54 Å². The first-order chi connectivity index (χ1) is 11.8. The summed E-state index contributed by atoms with van der Waals surface area (Å²) in [5.41, 5.74) is 2.13. The normalized spacial score (nSPS) is 10.3. The minimum atomic E-state index is -0.158. The Labute approximate surface area is 140 Å². The van der Waals surface area contributed by atoms with Gasteiger partial charge in [-0.3, -0.25) is 4.79 Å². The molecule has 1 amide bonds. The third kappa shape index (κ3) is 4.42.